The Hall–Kier alpha value is -2.20. The molecule has 4 heteroatoms. The Balaban J connectivity index is 1.98. The van der Waals surface area contributed by atoms with Gasteiger partial charge < -0.3 is 10.6 Å². The molecule has 0 fully saturated rings. The van der Waals surface area contributed by atoms with E-state index in [0.717, 1.165) is 27.9 Å². The molecule has 0 spiro atoms. The van der Waals surface area contributed by atoms with Crippen LogP contribution in [0, 0.1) is 12.7 Å². The van der Waals surface area contributed by atoms with Gasteiger partial charge >= 0.3 is 0 Å². The number of nitrogens with zero attached hydrogens (tertiary/aromatic N) is 1. The standard InChI is InChI=1S/C17H17FN2O/c1-10-5-13(8-14(18)6-10)17(19)11-3-4-15-12(7-11)9-16(21)20(15)2/h3-8,17H,9,19H2,1-2H3. The van der Waals surface area contributed by atoms with Gasteiger partial charge in [-0.25, -0.2) is 4.39 Å². The first kappa shape index (κ1) is 13.8. The van der Waals surface area contributed by atoms with Crippen molar-refractivity contribution in [3.63, 3.8) is 0 Å². The van der Waals surface area contributed by atoms with Crippen LogP contribution in [-0.4, -0.2) is 13.0 Å². The van der Waals surface area contributed by atoms with Gasteiger partial charge in [0.2, 0.25) is 5.91 Å². The lowest BCUT2D eigenvalue weighted by Gasteiger charge is -2.16. The van der Waals surface area contributed by atoms with Crippen molar-refractivity contribution < 1.29 is 9.18 Å². The van der Waals surface area contributed by atoms with Crippen molar-refractivity contribution in [2.24, 2.45) is 5.73 Å². The van der Waals surface area contributed by atoms with Crippen LogP contribution in [0.3, 0.4) is 0 Å². The molecule has 3 rings (SSSR count). The van der Waals surface area contributed by atoms with Gasteiger partial charge in [-0.15, -0.1) is 0 Å². The van der Waals surface area contributed by atoms with E-state index >= 15 is 0 Å². The number of halogens is 1. The fourth-order valence-corrected chi connectivity index (χ4v) is 2.82. The highest BCUT2D eigenvalue weighted by atomic mass is 19.1. The molecule has 108 valence electrons. The van der Waals surface area contributed by atoms with Gasteiger partial charge in [-0.3, -0.25) is 4.79 Å². The van der Waals surface area contributed by atoms with Crippen molar-refractivity contribution in [2.75, 3.05) is 11.9 Å². The zero-order chi connectivity index (χ0) is 15.1. The lowest BCUT2D eigenvalue weighted by molar-refractivity contribution is -0.117. The fourth-order valence-electron chi connectivity index (χ4n) is 2.82. The van der Waals surface area contributed by atoms with Crippen LogP contribution in [0.2, 0.25) is 0 Å². The van der Waals surface area contributed by atoms with Crippen molar-refractivity contribution in [3.8, 4) is 0 Å². The van der Waals surface area contributed by atoms with Gasteiger partial charge in [-0.2, -0.15) is 0 Å². The minimum Gasteiger partial charge on any atom is -0.320 e. The van der Waals surface area contributed by atoms with E-state index in [1.54, 1.807) is 11.9 Å². The number of nitrogens with two attached hydrogens (primary N) is 1. The molecule has 2 N–H and O–H groups in total. The third-order valence-electron chi connectivity index (χ3n) is 3.96. The summed E-state index contributed by atoms with van der Waals surface area (Å²) < 4.78 is 13.5. The summed E-state index contributed by atoms with van der Waals surface area (Å²) in [5.41, 5.74) is 10.6. The predicted molar refractivity (Wildman–Crippen MR) is 80.7 cm³/mol. The molecule has 0 saturated heterocycles. The average molecular weight is 284 g/mol. The number of hydrogen-bond acceptors (Lipinski definition) is 2. The van der Waals surface area contributed by atoms with Crippen LogP contribution in [0.5, 0.6) is 0 Å². The smallest absolute Gasteiger partial charge is 0.231 e. The first-order valence-corrected chi connectivity index (χ1v) is 6.88. The van der Waals surface area contributed by atoms with Crippen molar-refractivity contribution in [3.05, 3.63) is 64.5 Å². The molecule has 1 atom stereocenters. The Morgan fingerprint density at radius 3 is 2.67 bits per heavy atom. The first-order valence-electron chi connectivity index (χ1n) is 6.88. The number of carbonyl (C=O) groups is 1. The molecule has 2 aromatic rings. The Labute approximate surface area is 123 Å². The largest absolute Gasteiger partial charge is 0.320 e. The summed E-state index contributed by atoms with van der Waals surface area (Å²) in [6.45, 7) is 1.84. The molecule has 21 heavy (non-hydrogen) atoms. The van der Waals surface area contributed by atoms with Crippen LogP contribution < -0.4 is 10.6 Å². The van der Waals surface area contributed by atoms with Crippen LogP contribution >= 0.6 is 0 Å². The van der Waals surface area contributed by atoms with E-state index in [2.05, 4.69) is 0 Å². The maximum Gasteiger partial charge on any atom is 0.231 e. The summed E-state index contributed by atoms with van der Waals surface area (Å²) in [6, 6.07) is 10.2. The molecule has 0 bridgehead atoms. The Kier molecular flexibility index (Phi) is 3.26. The van der Waals surface area contributed by atoms with Gasteiger partial charge in [0.15, 0.2) is 0 Å². The minimum absolute atomic E-state index is 0.0809. The normalized spacial score (nSPS) is 15.2. The number of anilines is 1. The highest BCUT2D eigenvalue weighted by Gasteiger charge is 2.24. The topological polar surface area (TPSA) is 46.3 Å². The third-order valence-corrected chi connectivity index (χ3v) is 3.96. The monoisotopic (exact) mass is 284 g/mol. The molecule has 0 aromatic heterocycles. The van der Waals surface area contributed by atoms with Gasteiger partial charge in [-0.05, 0) is 47.4 Å². The summed E-state index contributed by atoms with van der Waals surface area (Å²) in [5.74, 6) is -0.200. The number of carbonyl (C=O) groups excluding carboxylic acids is 1. The zero-order valence-corrected chi connectivity index (χ0v) is 12.1. The molecule has 1 aliphatic rings. The Morgan fingerprint density at radius 1 is 1.19 bits per heavy atom. The molecule has 0 saturated carbocycles. The predicted octanol–water partition coefficient (Wildman–Crippen LogP) is 2.70. The second-order valence-electron chi connectivity index (χ2n) is 5.56. The highest BCUT2D eigenvalue weighted by molar-refractivity contribution is 6.00. The first-order chi connectivity index (χ1) is 9.95. The Bertz CT molecular complexity index is 706. The van der Waals surface area contributed by atoms with E-state index in [0.29, 0.717) is 6.42 Å². The van der Waals surface area contributed by atoms with Gasteiger partial charge in [0.05, 0.1) is 12.5 Å². The summed E-state index contributed by atoms with van der Waals surface area (Å²) in [4.78, 5) is 13.4. The third kappa shape index (κ3) is 2.43. The molecule has 1 aliphatic heterocycles. The number of hydrogen-bond donors (Lipinski definition) is 1. The van der Waals surface area contributed by atoms with Crippen LogP contribution in [0.4, 0.5) is 10.1 Å². The van der Waals surface area contributed by atoms with Crippen molar-refractivity contribution >= 4 is 11.6 Å². The fraction of sp³-hybridized carbons (Fsp3) is 0.235. The highest BCUT2D eigenvalue weighted by Crippen LogP contribution is 2.31. The number of benzene rings is 2. The molecule has 2 aromatic carbocycles. The number of rotatable bonds is 2. The van der Waals surface area contributed by atoms with Crippen molar-refractivity contribution in [1.82, 2.24) is 0 Å². The number of likely N-dealkylation sites (N-methyl/N-ethyl adjacent to an activating group) is 1. The maximum absolute atomic E-state index is 13.5. The number of amides is 1. The molecular weight excluding hydrogens is 267 g/mol. The molecule has 1 amide bonds. The minimum atomic E-state index is -0.397. The molecule has 0 aliphatic carbocycles. The molecule has 1 heterocycles. The summed E-state index contributed by atoms with van der Waals surface area (Å²) in [5, 5.41) is 0. The van der Waals surface area contributed by atoms with E-state index in [9.17, 15) is 9.18 Å². The van der Waals surface area contributed by atoms with Crippen molar-refractivity contribution in [2.45, 2.75) is 19.4 Å². The van der Waals surface area contributed by atoms with Crippen LogP contribution in [0.15, 0.2) is 36.4 Å². The van der Waals surface area contributed by atoms with E-state index in [1.807, 2.05) is 31.2 Å². The van der Waals surface area contributed by atoms with Gasteiger partial charge in [0, 0.05) is 12.7 Å². The van der Waals surface area contributed by atoms with E-state index in [1.165, 1.54) is 12.1 Å². The van der Waals surface area contributed by atoms with Gasteiger partial charge in [0.25, 0.3) is 0 Å². The van der Waals surface area contributed by atoms with E-state index in [-0.39, 0.29) is 11.7 Å². The van der Waals surface area contributed by atoms with E-state index in [4.69, 9.17) is 5.73 Å². The average Bonchev–Trinajstić information content (AvgIpc) is 2.71. The van der Waals surface area contributed by atoms with Crippen LogP contribution in [-0.2, 0) is 11.2 Å². The van der Waals surface area contributed by atoms with E-state index < -0.39 is 6.04 Å². The number of fused-ring (bicyclic) bond motifs is 1. The van der Waals surface area contributed by atoms with Crippen molar-refractivity contribution in [1.29, 1.82) is 0 Å². The molecule has 3 nitrogen and oxygen atoms in total. The van der Waals surface area contributed by atoms with Crippen LogP contribution in [0.25, 0.3) is 0 Å². The second-order valence-corrected chi connectivity index (χ2v) is 5.56. The quantitative estimate of drug-likeness (QED) is 0.921. The lowest BCUT2D eigenvalue weighted by Crippen LogP contribution is -2.20. The maximum atomic E-state index is 13.5. The van der Waals surface area contributed by atoms with Gasteiger partial charge in [-0.1, -0.05) is 18.2 Å². The lowest BCUT2D eigenvalue weighted by atomic mass is 9.96. The summed E-state index contributed by atoms with van der Waals surface area (Å²) in [7, 11) is 1.77. The molecule has 1 unspecified atom stereocenters. The Morgan fingerprint density at radius 2 is 1.95 bits per heavy atom. The summed E-state index contributed by atoms with van der Waals surface area (Å²) in [6.07, 6.45) is 0.397. The summed E-state index contributed by atoms with van der Waals surface area (Å²) >= 11 is 0. The SMILES string of the molecule is Cc1cc(F)cc(C(N)c2ccc3c(c2)CC(=O)N3C)c1. The second kappa shape index (κ2) is 4.97. The van der Waals surface area contributed by atoms with Gasteiger partial charge in [0.1, 0.15) is 5.82 Å². The molecule has 0 radical (unpaired) electrons. The number of aryl methyl sites for hydroxylation is 1. The zero-order valence-electron chi connectivity index (χ0n) is 12.1. The molecular formula is C17H17FN2O. The van der Waals surface area contributed by atoms with Crippen LogP contribution in [0.1, 0.15) is 28.3 Å².